The van der Waals surface area contributed by atoms with Gasteiger partial charge in [-0.3, -0.25) is 4.99 Å². The maximum Gasteiger partial charge on any atom is 0.390 e. The first kappa shape index (κ1) is 20.7. The quantitative estimate of drug-likeness (QED) is 0.417. The van der Waals surface area contributed by atoms with Gasteiger partial charge in [0.1, 0.15) is 0 Å². The zero-order valence-electron chi connectivity index (χ0n) is 13.5. The van der Waals surface area contributed by atoms with Crippen LogP contribution in [0.5, 0.6) is 11.5 Å². The van der Waals surface area contributed by atoms with Crippen LogP contribution >= 0.6 is 24.0 Å². The van der Waals surface area contributed by atoms with Crippen molar-refractivity contribution in [1.82, 2.24) is 10.2 Å². The molecule has 5 nitrogen and oxygen atoms in total. The minimum Gasteiger partial charge on any atom is -0.454 e. The number of nitrogens with one attached hydrogen (secondary N) is 1. The SMILES string of the molecule is CCNC(=NCCC(F)(F)F)N(C)Cc1ccc2c(c1)OCO2.I. The normalized spacial score (nSPS) is 13.5. The van der Waals surface area contributed by atoms with E-state index < -0.39 is 12.6 Å². The molecular weight excluding hydrogens is 438 g/mol. The number of rotatable bonds is 5. The minimum absolute atomic E-state index is 0. The van der Waals surface area contributed by atoms with E-state index in [1.807, 2.05) is 25.1 Å². The molecule has 0 saturated carbocycles. The average molecular weight is 459 g/mol. The molecule has 1 heterocycles. The number of hydrogen-bond donors (Lipinski definition) is 1. The van der Waals surface area contributed by atoms with E-state index in [-0.39, 0.29) is 37.3 Å². The second kappa shape index (κ2) is 9.19. The van der Waals surface area contributed by atoms with Crippen LogP contribution in [0, 0.1) is 0 Å². The first-order valence-electron chi connectivity index (χ1n) is 7.34. The fourth-order valence-corrected chi connectivity index (χ4v) is 2.15. The van der Waals surface area contributed by atoms with Gasteiger partial charge in [-0.15, -0.1) is 24.0 Å². The molecule has 0 aromatic heterocycles. The van der Waals surface area contributed by atoms with Crippen molar-refractivity contribution in [2.45, 2.75) is 26.1 Å². The van der Waals surface area contributed by atoms with E-state index in [2.05, 4.69) is 10.3 Å². The van der Waals surface area contributed by atoms with Crippen molar-refractivity contribution in [2.75, 3.05) is 26.9 Å². The Kier molecular flexibility index (Phi) is 7.91. The van der Waals surface area contributed by atoms with Gasteiger partial charge in [-0.2, -0.15) is 13.2 Å². The van der Waals surface area contributed by atoms with Gasteiger partial charge in [0, 0.05) is 20.1 Å². The Morgan fingerprint density at radius 2 is 2.00 bits per heavy atom. The molecular formula is C15H21F3IN3O2. The van der Waals surface area contributed by atoms with Gasteiger partial charge in [-0.25, -0.2) is 0 Å². The standard InChI is InChI=1S/C15H20F3N3O2.HI/c1-3-19-14(20-7-6-15(16,17)18)21(2)9-11-4-5-12-13(8-11)23-10-22-12;/h4-5,8H,3,6-7,9-10H2,1-2H3,(H,19,20);1H. The fraction of sp³-hybridized carbons (Fsp3) is 0.533. The summed E-state index contributed by atoms with van der Waals surface area (Å²) < 4.78 is 47.3. The van der Waals surface area contributed by atoms with Crippen LogP contribution < -0.4 is 14.8 Å². The maximum absolute atomic E-state index is 12.2. The van der Waals surface area contributed by atoms with Crippen LogP contribution in [-0.2, 0) is 6.54 Å². The number of benzene rings is 1. The van der Waals surface area contributed by atoms with Gasteiger partial charge >= 0.3 is 6.18 Å². The van der Waals surface area contributed by atoms with Crippen LogP contribution in [0.4, 0.5) is 13.2 Å². The number of alkyl halides is 3. The summed E-state index contributed by atoms with van der Waals surface area (Å²) in [5.41, 5.74) is 0.957. The number of fused-ring (bicyclic) bond motifs is 1. The van der Waals surface area contributed by atoms with Crippen LogP contribution in [0.1, 0.15) is 18.9 Å². The molecule has 1 N–H and O–H groups in total. The highest BCUT2D eigenvalue weighted by Gasteiger charge is 2.26. The molecule has 0 spiro atoms. The summed E-state index contributed by atoms with van der Waals surface area (Å²) in [5, 5.41) is 2.99. The van der Waals surface area contributed by atoms with Crippen LogP contribution in [0.3, 0.4) is 0 Å². The zero-order chi connectivity index (χ0) is 16.9. The van der Waals surface area contributed by atoms with Gasteiger partial charge in [0.15, 0.2) is 17.5 Å². The summed E-state index contributed by atoms with van der Waals surface area (Å²) in [7, 11) is 1.78. The van der Waals surface area contributed by atoms with Gasteiger partial charge in [0.2, 0.25) is 6.79 Å². The minimum atomic E-state index is -4.20. The third-order valence-corrected chi connectivity index (χ3v) is 3.21. The number of halogens is 4. The summed E-state index contributed by atoms with van der Waals surface area (Å²) in [6.07, 6.45) is -5.13. The third-order valence-electron chi connectivity index (χ3n) is 3.21. The lowest BCUT2D eigenvalue weighted by Crippen LogP contribution is -2.38. The predicted octanol–water partition coefficient (Wildman–Crippen LogP) is 3.38. The van der Waals surface area contributed by atoms with Crippen LogP contribution in [0.25, 0.3) is 0 Å². The first-order chi connectivity index (χ1) is 10.9. The van der Waals surface area contributed by atoms with E-state index in [4.69, 9.17) is 9.47 Å². The van der Waals surface area contributed by atoms with Gasteiger partial charge in [0.05, 0.1) is 13.0 Å². The Labute approximate surface area is 156 Å². The molecule has 1 aliphatic heterocycles. The molecule has 0 amide bonds. The Morgan fingerprint density at radius 3 is 2.67 bits per heavy atom. The number of hydrogen-bond acceptors (Lipinski definition) is 3. The van der Waals surface area contributed by atoms with Crippen molar-refractivity contribution in [3.63, 3.8) is 0 Å². The topological polar surface area (TPSA) is 46.1 Å². The lowest BCUT2D eigenvalue weighted by atomic mass is 10.2. The molecule has 1 aromatic rings. The molecule has 1 aromatic carbocycles. The molecule has 24 heavy (non-hydrogen) atoms. The smallest absolute Gasteiger partial charge is 0.390 e. The molecule has 0 atom stereocenters. The second-order valence-corrected chi connectivity index (χ2v) is 5.14. The van der Waals surface area contributed by atoms with Crippen LogP contribution in [0.15, 0.2) is 23.2 Å². The van der Waals surface area contributed by atoms with Crippen molar-refractivity contribution >= 4 is 29.9 Å². The van der Waals surface area contributed by atoms with Crippen molar-refractivity contribution < 1.29 is 22.6 Å². The van der Waals surface area contributed by atoms with Crippen molar-refractivity contribution in [1.29, 1.82) is 0 Å². The van der Waals surface area contributed by atoms with Crippen molar-refractivity contribution in [3.05, 3.63) is 23.8 Å². The average Bonchev–Trinajstić information content (AvgIpc) is 2.92. The Bertz CT molecular complexity index is 567. The van der Waals surface area contributed by atoms with E-state index in [1.165, 1.54) is 0 Å². The molecule has 136 valence electrons. The summed E-state index contributed by atoms with van der Waals surface area (Å²) in [6.45, 7) is 2.85. The highest BCUT2D eigenvalue weighted by Crippen LogP contribution is 2.32. The molecule has 0 fully saturated rings. The van der Waals surface area contributed by atoms with E-state index >= 15 is 0 Å². The van der Waals surface area contributed by atoms with Gasteiger partial charge < -0.3 is 19.7 Å². The maximum atomic E-state index is 12.2. The van der Waals surface area contributed by atoms with Gasteiger partial charge in [-0.05, 0) is 24.6 Å². The van der Waals surface area contributed by atoms with Crippen LogP contribution in [-0.4, -0.2) is 44.0 Å². The summed E-state index contributed by atoms with van der Waals surface area (Å²) in [5.74, 6) is 1.81. The zero-order valence-corrected chi connectivity index (χ0v) is 15.9. The molecule has 0 saturated heterocycles. The highest BCUT2D eigenvalue weighted by atomic mass is 127. The number of guanidine groups is 1. The monoisotopic (exact) mass is 459 g/mol. The molecule has 0 radical (unpaired) electrons. The Balaban J connectivity index is 0.00000288. The first-order valence-corrected chi connectivity index (χ1v) is 7.34. The van der Waals surface area contributed by atoms with Crippen LogP contribution in [0.2, 0.25) is 0 Å². The molecule has 9 heteroatoms. The van der Waals surface area contributed by atoms with E-state index in [1.54, 1.807) is 11.9 Å². The number of aliphatic imine (C=N–C) groups is 1. The lowest BCUT2D eigenvalue weighted by molar-refractivity contribution is -0.132. The van der Waals surface area contributed by atoms with E-state index in [9.17, 15) is 13.2 Å². The van der Waals surface area contributed by atoms with Crippen molar-refractivity contribution in [3.8, 4) is 11.5 Å². The molecule has 1 aliphatic rings. The van der Waals surface area contributed by atoms with E-state index in [0.717, 1.165) is 5.56 Å². The molecule has 0 unspecified atom stereocenters. The largest absolute Gasteiger partial charge is 0.454 e. The number of nitrogens with zero attached hydrogens (tertiary/aromatic N) is 2. The van der Waals surface area contributed by atoms with Gasteiger partial charge in [-0.1, -0.05) is 6.07 Å². The summed E-state index contributed by atoms with van der Waals surface area (Å²) in [6, 6.07) is 5.57. The highest BCUT2D eigenvalue weighted by molar-refractivity contribution is 14.0. The Hall–Kier alpha value is -1.39. The molecule has 0 aliphatic carbocycles. The number of ether oxygens (including phenoxy) is 2. The predicted molar refractivity (Wildman–Crippen MR) is 96.1 cm³/mol. The molecule has 2 rings (SSSR count). The third kappa shape index (κ3) is 6.25. The molecule has 0 bridgehead atoms. The van der Waals surface area contributed by atoms with Gasteiger partial charge in [0.25, 0.3) is 0 Å². The lowest BCUT2D eigenvalue weighted by Gasteiger charge is -2.22. The van der Waals surface area contributed by atoms with E-state index in [0.29, 0.717) is 30.5 Å². The fourth-order valence-electron chi connectivity index (χ4n) is 2.15. The Morgan fingerprint density at radius 1 is 1.29 bits per heavy atom. The summed E-state index contributed by atoms with van der Waals surface area (Å²) in [4.78, 5) is 5.80. The summed E-state index contributed by atoms with van der Waals surface area (Å²) >= 11 is 0. The second-order valence-electron chi connectivity index (χ2n) is 5.14. The van der Waals surface area contributed by atoms with Crippen molar-refractivity contribution in [2.24, 2.45) is 4.99 Å².